The van der Waals surface area contributed by atoms with Crippen LogP contribution < -0.4 is 10.5 Å². The zero-order valence-electron chi connectivity index (χ0n) is 10.2. The van der Waals surface area contributed by atoms with Gasteiger partial charge in [0.1, 0.15) is 5.75 Å². The van der Waals surface area contributed by atoms with Crippen molar-refractivity contribution < 1.29 is 14.2 Å². The molecule has 0 saturated heterocycles. The Labute approximate surface area is 117 Å². The summed E-state index contributed by atoms with van der Waals surface area (Å²) in [5.74, 6) is 0.543. The summed E-state index contributed by atoms with van der Waals surface area (Å²) in [6.45, 7) is 2.31. The number of hydrogen-bond donors (Lipinski definition) is 1. The van der Waals surface area contributed by atoms with Crippen molar-refractivity contribution in [2.45, 2.75) is 6.42 Å². The first-order chi connectivity index (χ1) is 8.65. The number of methoxy groups -OCH3 is 1. The third kappa shape index (κ3) is 5.31. The molecule has 0 aliphatic rings. The van der Waals surface area contributed by atoms with E-state index in [1.54, 1.807) is 19.2 Å². The van der Waals surface area contributed by atoms with E-state index in [9.17, 15) is 0 Å². The lowest BCUT2D eigenvalue weighted by Crippen LogP contribution is -2.07. The summed E-state index contributed by atoms with van der Waals surface area (Å²) >= 11 is 11.7. The van der Waals surface area contributed by atoms with E-state index in [0.717, 1.165) is 6.42 Å². The highest BCUT2D eigenvalue weighted by atomic mass is 35.5. The maximum absolute atomic E-state index is 5.88. The summed E-state index contributed by atoms with van der Waals surface area (Å²) in [6.07, 6.45) is 0.767. The Hall–Kier alpha value is -0.680. The Morgan fingerprint density at radius 1 is 1.06 bits per heavy atom. The van der Waals surface area contributed by atoms with Crippen LogP contribution in [0.15, 0.2) is 12.1 Å². The largest absolute Gasteiger partial charge is 0.491 e. The van der Waals surface area contributed by atoms with Gasteiger partial charge in [-0.3, -0.25) is 0 Å². The SMILES string of the molecule is COCCOCCCOc1cc(Cl)c(Cl)cc1N. The van der Waals surface area contributed by atoms with E-state index in [-0.39, 0.29) is 0 Å². The van der Waals surface area contributed by atoms with E-state index in [0.29, 0.717) is 47.9 Å². The molecule has 0 aliphatic heterocycles. The average Bonchev–Trinajstić information content (AvgIpc) is 2.34. The molecule has 18 heavy (non-hydrogen) atoms. The van der Waals surface area contributed by atoms with Crippen LogP contribution in [0.1, 0.15) is 6.42 Å². The standard InChI is InChI=1S/C12H17Cl2NO3/c1-16-5-6-17-3-2-4-18-12-8-10(14)9(13)7-11(12)15/h7-8H,2-6,15H2,1H3. The maximum atomic E-state index is 5.88. The van der Waals surface area contributed by atoms with Crippen molar-refractivity contribution in [3.05, 3.63) is 22.2 Å². The summed E-state index contributed by atoms with van der Waals surface area (Å²) in [7, 11) is 1.64. The van der Waals surface area contributed by atoms with Crippen LogP contribution in [0.25, 0.3) is 0 Å². The Balaban J connectivity index is 2.25. The van der Waals surface area contributed by atoms with Crippen molar-refractivity contribution in [3.8, 4) is 5.75 Å². The average molecular weight is 294 g/mol. The predicted molar refractivity (Wildman–Crippen MR) is 73.7 cm³/mol. The van der Waals surface area contributed by atoms with Crippen LogP contribution in [-0.2, 0) is 9.47 Å². The normalized spacial score (nSPS) is 10.6. The molecule has 0 aromatic heterocycles. The van der Waals surface area contributed by atoms with Gasteiger partial charge in [0.25, 0.3) is 0 Å². The zero-order valence-corrected chi connectivity index (χ0v) is 11.8. The second kappa shape index (κ2) is 8.43. The molecule has 6 heteroatoms. The van der Waals surface area contributed by atoms with Crippen LogP contribution in [0.2, 0.25) is 10.0 Å². The van der Waals surface area contributed by atoms with Crippen molar-refractivity contribution in [2.75, 3.05) is 39.3 Å². The Morgan fingerprint density at radius 3 is 2.50 bits per heavy atom. The molecule has 2 N–H and O–H groups in total. The van der Waals surface area contributed by atoms with E-state index in [4.69, 9.17) is 43.1 Å². The van der Waals surface area contributed by atoms with Gasteiger partial charge in [0.05, 0.1) is 35.6 Å². The lowest BCUT2D eigenvalue weighted by atomic mass is 10.3. The van der Waals surface area contributed by atoms with E-state index < -0.39 is 0 Å². The second-order valence-electron chi connectivity index (χ2n) is 3.61. The van der Waals surface area contributed by atoms with Crippen molar-refractivity contribution in [3.63, 3.8) is 0 Å². The van der Waals surface area contributed by atoms with Gasteiger partial charge in [-0.25, -0.2) is 0 Å². The Morgan fingerprint density at radius 2 is 1.78 bits per heavy atom. The van der Waals surface area contributed by atoms with Crippen molar-refractivity contribution in [2.24, 2.45) is 0 Å². The molecule has 0 bridgehead atoms. The number of ether oxygens (including phenoxy) is 3. The molecule has 4 nitrogen and oxygen atoms in total. The van der Waals surface area contributed by atoms with Gasteiger partial charge in [-0.05, 0) is 6.07 Å². The fraction of sp³-hybridized carbons (Fsp3) is 0.500. The molecule has 1 aromatic carbocycles. The van der Waals surface area contributed by atoms with Gasteiger partial charge < -0.3 is 19.9 Å². The molecule has 0 amide bonds. The number of halogens is 2. The van der Waals surface area contributed by atoms with Crippen LogP contribution in [0, 0.1) is 0 Å². The van der Waals surface area contributed by atoms with Gasteiger partial charge >= 0.3 is 0 Å². The number of nitrogen functional groups attached to an aromatic ring is 1. The van der Waals surface area contributed by atoms with Crippen molar-refractivity contribution in [1.29, 1.82) is 0 Å². The summed E-state index contributed by atoms with van der Waals surface area (Å²) in [5.41, 5.74) is 6.23. The first kappa shape index (κ1) is 15.4. The Bertz CT molecular complexity index is 375. The minimum atomic E-state index is 0.421. The minimum absolute atomic E-state index is 0.421. The van der Waals surface area contributed by atoms with Gasteiger partial charge in [0, 0.05) is 26.2 Å². The lowest BCUT2D eigenvalue weighted by molar-refractivity contribution is 0.0645. The summed E-state index contributed by atoms with van der Waals surface area (Å²) in [6, 6.07) is 3.19. The van der Waals surface area contributed by atoms with Gasteiger partial charge in [-0.15, -0.1) is 0 Å². The summed E-state index contributed by atoms with van der Waals surface area (Å²) in [5, 5.41) is 0.849. The van der Waals surface area contributed by atoms with E-state index >= 15 is 0 Å². The summed E-state index contributed by atoms with van der Waals surface area (Å²) in [4.78, 5) is 0. The van der Waals surface area contributed by atoms with Crippen LogP contribution in [0.5, 0.6) is 5.75 Å². The van der Waals surface area contributed by atoms with Gasteiger partial charge in [-0.2, -0.15) is 0 Å². The second-order valence-corrected chi connectivity index (χ2v) is 4.43. The molecule has 1 aromatic rings. The molecule has 1 rings (SSSR count). The minimum Gasteiger partial charge on any atom is -0.491 e. The van der Waals surface area contributed by atoms with Crippen LogP contribution in [-0.4, -0.2) is 33.5 Å². The highest BCUT2D eigenvalue weighted by molar-refractivity contribution is 6.42. The molecule has 0 radical (unpaired) electrons. The van der Waals surface area contributed by atoms with E-state index in [1.807, 2.05) is 0 Å². The molecule has 0 unspecified atom stereocenters. The molecule has 0 fully saturated rings. The first-order valence-corrected chi connectivity index (χ1v) is 6.34. The zero-order chi connectivity index (χ0) is 13.4. The quantitative estimate of drug-likeness (QED) is 0.591. The molecular weight excluding hydrogens is 277 g/mol. The third-order valence-corrected chi connectivity index (χ3v) is 2.90. The Kier molecular flexibility index (Phi) is 7.20. The van der Waals surface area contributed by atoms with Gasteiger partial charge in [0.2, 0.25) is 0 Å². The smallest absolute Gasteiger partial charge is 0.143 e. The number of benzene rings is 1. The van der Waals surface area contributed by atoms with E-state index in [2.05, 4.69) is 0 Å². The van der Waals surface area contributed by atoms with Crippen LogP contribution >= 0.6 is 23.2 Å². The van der Waals surface area contributed by atoms with Crippen LogP contribution in [0.3, 0.4) is 0 Å². The number of hydrogen-bond acceptors (Lipinski definition) is 4. The van der Waals surface area contributed by atoms with Crippen LogP contribution in [0.4, 0.5) is 5.69 Å². The lowest BCUT2D eigenvalue weighted by Gasteiger charge is -2.10. The predicted octanol–water partition coefficient (Wildman–Crippen LogP) is 3.01. The van der Waals surface area contributed by atoms with E-state index in [1.165, 1.54) is 0 Å². The molecule has 102 valence electrons. The fourth-order valence-corrected chi connectivity index (χ4v) is 1.58. The monoisotopic (exact) mass is 293 g/mol. The number of nitrogens with two attached hydrogens (primary N) is 1. The van der Waals surface area contributed by atoms with Gasteiger partial charge in [-0.1, -0.05) is 23.2 Å². The van der Waals surface area contributed by atoms with Gasteiger partial charge in [0.15, 0.2) is 0 Å². The number of rotatable bonds is 8. The highest BCUT2D eigenvalue weighted by Gasteiger charge is 2.05. The highest BCUT2D eigenvalue weighted by Crippen LogP contribution is 2.32. The maximum Gasteiger partial charge on any atom is 0.143 e. The topological polar surface area (TPSA) is 53.7 Å². The molecular formula is C12H17Cl2NO3. The van der Waals surface area contributed by atoms with Crippen molar-refractivity contribution in [1.82, 2.24) is 0 Å². The molecule has 0 saturated carbocycles. The van der Waals surface area contributed by atoms with Crippen molar-refractivity contribution >= 4 is 28.9 Å². The molecule has 0 spiro atoms. The molecule has 0 heterocycles. The first-order valence-electron chi connectivity index (χ1n) is 5.59. The molecule has 0 aliphatic carbocycles. The number of anilines is 1. The molecule has 0 atom stereocenters. The summed E-state index contributed by atoms with van der Waals surface area (Å²) < 4.78 is 15.7. The third-order valence-electron chi connectivity index (χ3n) is 2.18. The fourth-order valence-electron chi connectivity index (χ4n) is 1.26.